The molecule has 0 aromatic carbocycles. The maximum Gasteiger partial charge on any atom is 0.0612 e. The van der Waals surface area contributed by atoms with Gasteiger partial charge in [-0.1, -0.05) is 29.8 Å². The molecule has 0 heterocycles. The first-order valence-corrected chi connectivity index (χ1v) is 5.91. The van der Waals surface area contributed by atoms with Gasteiger partial charge in [0.2, 0.25) is 0 Å². The molecule has 0 saturated heterocycles. The molecule has 2 bridgehead atoms. The highest BCUT2D eigenvalue weighted by atomic mass is 79.9. The number of halogens is 1. The van der Waals surface area contributed by atoms with Crippen molar-refractivity contribution in [2.75, 3.05) is 5.33 Å². The van der Waals surface area contributed by atoms with Crippen molar-refractivity contribution in [1.82, 2.24) is 0 Å². The van der Waals surface area contributed by atoms with E-state index in [-0.39, 0.29) is 11.5 Å². The second-order valence-electron chi connectivity index (χ2n) is 5.00. The van der Waals surface area contributed by atoms with E-state index in [0.717, 1.165) is 17.7 Å². The molecule has 0 radical (unpaired) electrons. The molecule has 3 atom stereocenters. The summed E-state index contributed by atoms with van der Waals surface area (Å²) in [7, 11) is 0. The molecule has 12 heavy (non-hydrogen) atoms. The van der Waals surface area contributed by atoms with Crippen LogP contribution in [0.25, 0.3) is 0 Å². The first kappa shape index (κ1) is 9.01. The summed E-state index contributed by atoms with van der Waals surface area (Å²) in [6, 6.07) is 0. The van der Waals surface area contributed by atoms with Crippen LogP contribution in [0.15, 0.2) is 0 Å². The molecule has 0 aliphatic heterocycles. The van der Waals surface area contributed by atoms with E-state index < -0.39 is 0 Å². The Bertz CT molecular complexity index is 202. The van der Waals surface area contributed by atoms with Crippen molar-refractivity contribution in [2.45, 2.75) is 39.2 Å². The molecular formula is C10H17BrO. The lowest BCUT2D eigenvalue weighted by atomic mass is 9.70. The molecule has 0 spiro atoms. The van der Waals surface area contributed by atoms with E-state index in [9.17, 15) is 5.11 Å². The number of hydrogen-bond donors (Lipinski definition) is 1. The Labute approximate surface area is 82.7 Å². The SMILES string of the molecule is CC1(C)C2CCC1(CBr)C(O)C2. The molecule has 0 aromatic heterocycles. The third-order valence-corrected chi connectivity index (χ3v) is 5.63. The molecule has 0 aromatic rings. The fourth-order valence-corrected chi connectivity index (χ4v) is 4.73. The zero-order valence-corrected chi connectivity index (χ0v) is 9.39. The largest absolute Gasteiger partial charge is 0.392 e. The van der Waals surface area contributed by atoms with Crippen LogP contribution in [0, 0.1) is 16.7 Å². The van der Waals surface area contributed by atoms with Crippen LogP contribution < -0.4 is 0 Å². The monoisotopic (exact) mass is 232 g/mol. The average molecular weight is 233 g/mol. The quantitative estimate of drug-likeness (QED) is 0.690. The number of aliphatic hydroxyl groups is 1. The van der Waals surface area contributed by atoms with Gasteiger partial charge >= 0.3 is 0 Å². The van der Waals surface area contributed by atoms with Crippen LogP contribution in [0.3, 0.4) is 0 Å². The maximum absolute atomic E-state index is 9.98. The van der Waals surface area contributed by atoms with E-state index in [1.807, 2.05) is 0 Å². The molecule has 2 heteroatoms. The minimum absolute atomic E-state index is 0.0642. The van der Waals surface area contributed by atoms with Crippen molar-refractivity contribution >= 4 is 15.9 Å². The number of aliphatic hydroxyl groups excluding tert-OH is 1. The summed E-state index contributed by atoms with van der Waals surface area (Å²) < 4.78 is 0. The molecular weight excluding hydrogens is 216 g/mol. The van der Waals surface area contributed by atoms with Gasteiger partial charge in [0.05, 0.1) is 6.10 Å². The number of fused-ring (bicyclic) bond motifs is 2. The Morgan fingerprint density at radius 3 is 2.42 bits per heavy atom. The van der Waals surface area contributed by atoms with Gasteiger partial charge in [-0.15, -0.1) is 0 Å². The van der Waals surface area contributed by atoms with Crippen molar-refractivity contribution in [3.63, 3.8) is 0 Å². The van der Waals surface area contributed by atoms with Crippen LogP contribution in [0.1, 0.15) is 33.1 Å². The molecule has 1 nitrogen and oxygen atoms in total. The summed E-state index contributed by atoms with van der Waals surface area (Å²) in [5, 5.41) is 10.9. The minimum atomic E-state index is -0.0642. The Morgan fingerprint density at radius 2 is 2.17 bits per heavy atom. The van der Waals surface area contributed by atoms with Gasteiger partial charge in [0, 0.05) is 10.7 Å². The van der Waals surface area contributed by atoms with E-state index in [0.29, 0.717) is 5.41 Å². The highest BCUT2D eigenvalue weighted by Gasteiger charge is 2.62. The van der Waals surface area contributed by atoms with Gasteiger partial charge in [-0.3, -0.25) is 0 Å². The zero-order valence-electron chi connectivity index (χ0n) is 7.81. The average Bonchev–Trinajstić information content (AvgIpc) is 2.36. The Hall–Kier alpha value is 0.440. The Kier molecular flexibility index (Phi) is 1.86. The Morgan fingerprint density at radius 1 is 1.50 bits per heavy atom. The topological polar surface area (TPSA) is 20.2 Å². The maximum atomic E-state index is 9.98. The summed E-state index contributed by atoms with van der Waals surface area (Å²) >= 11 is 3.58. The molecule has 70 valence electrons. The lowest BCUT2D eigenvalue weighted by Crippen LogP contribution is -2.40. The summed E-state index contributed by atoms with van der Waals surface area (Å²) in [5.41, 5.74) is 0.521. The second-order valence-corrected chi connectivity index (χ2v) is 5.56. The molecule has 3 unspecified atom stereocenters. The van der Waals surface area contributed by atoms with Crippen LogP contribution in [0.2, 0.25) is 0 Å². The van der Waals surface area contributed by atoms with Gasteiger partial charge in [0.1, 0.15) is 0 Å². The molecule has 2 rings (SSSR count). The van der Waals surface area contributed by atoms with Crippen molar-refractivity contribution < 1.29 is 5.11 Å². The van der Waals surface area contributed by atoms with Gasteiger partial charge < -0.3 is 5.11 Å². The van der Waals surface area contributed by atoms with E-state index in [1.54, 1.807) is 0 Å². The molecule has 0 amide bonds. The second kappa shape index (κ2) is 2.48. The highest BCUT2D eigenvalue weighted by molar-refractivity contribution is 9.09. The molecule has 2 aliphatic rings. The van der Waals surface area contributed by atoms with Crippen molar-refractivity contribution in [1.29, 1.82) is 0 Å². The van der Waals surface area contributed by atoms with Crippen LogP contribution in [-0.2, 0) is 0 Å². The molecule has 1 N–H and O–H groups in total. The predicted molar refractivity (Wildman–Crippen MR) is 53.4 cm³/mol. The summed E-state index contributed by atoms with van der Waals surface area (Å²) in [5.74, 6) is 0.755. The van der Waals surface area contributed by atoms with Crippen LogP contribution in [0.4, 0.5) is 0 Å². The van der Waals surface area contributed by atoms with E-state index in [4.69, 9.17) is 0 Å². The molecule has 2 aliphatic carbocycles. The van der Waals surface area contributed by atoms with E-state index in [2.05, 4.69) is 29.8 Å². The summed E-state index contributed by atoms with van der Waals surface area (Å²) in [4.78, 5) is 0. The first-order chi connectivity index (χ1) is 5.54. The van der Waals surface area contributed by atoms with Crippen molar-refractivity contribution in [3.05, 3.63) is 0 Å². The van der Waals surface area contributed by atoms with Gasteiger partial charge in [-0.25, -0.2) is 0 Å². The number of alkyl halides is 1. The normalized spacial score (nSPS) is 50.0. The molecule has 2 saturated carbocycles. The summed E-state index contributed by atoms with van der Waals surface area (Å²) in [6.07, 6.45) is 3.48. The zero-order chi connectivity index (χ0) is 8.98. The lowest BCUT2D eigenvalue weighted by Gasteiger charge is -2.38. The van der Waals surface area contributed by atoms with Crippen LogP contribution >= 0.6 is 15.9 Å². The minimum Gasteiger partial charge on any atom is -0.392 e. The van der Waals surface area contributed by atoms with Crippen molar-refractivity contribution in [3.8, 4) is 0 Å². The smallest absolute Gasteiger partial charge is 0.0612 e. The van der Waals surface area contributed by atoms with E-state index in [1.165, 1.54) is 12.8 Å². The third kappa shape index (κ3) is 0.784. The number of hydrogen-bond acceptors (Lipinski definition) is 1. The third-order valence-electron chi connectivity index (χ3n) is 4.63. The van der Waals surface area contributed by atoms with Gasteiger partial charge in [0.15, 0.2) is 0 Å². The van der Waals surface area contributed by atoms with Crippen molar-refractivity contribution in [2.24, 2.45) is 16.7 Å². The van der Waals surface area contributed by atoms with Gasteiger partial charge in [0.25, 0.3) is 0 Å². The fourth-order valence-electron chi connectivity index (χ4n) is 3.35. The lowest BCUT2D eigenvalue weighted by molar-refractivity contribution is 0.0178. The van der Waals surface area contributed by atoms with Crippen LogP contribution in [0.5, 0.6) is 0 Å². The first-order valence-electron chi connectivity index (χ1n) is 4.78. The van der Waals surface area contributed by atoms with Crippen LogP contribution in [-0.4, -0.2) is 16.5 Å². The standard InChI is InChI=1S/C10H17BrO/c1-9(2)7-3-4-10(9,6-11)8(12)5-7/h7-8,12H,3-6H2,1-2H3. The predicted octanol–water partition coefficient (Wildman–Crippen LogP) is 2.57. The molecule has 2 fully saturated rings. The fraction of sp³-hybridized carbons (Fsp3) is 1.00. The van der Waals surface area contributed by atoms with Gasteiger partial charge in [-0.05, 0) is 30.6 Å². The highest BCUT2D eigenvalue weighted by Crippen LogP contribution is 2.66. The van der Waals surface area contributed by atoms with Gasteiger partial charge in [-0.2, -0.15) is 0 Å². The number of rotatable bonds is 1. The van der Waals surface area contributed by atoms with E-state index >= 15 is 0 Å². The Balaban J connectivity index is 2.39. The summed E-state index contributed by atoms with van der Waals surface area (Å²) in [6.45, 7) is 4.64.